The lowest BCUT2D eigenvalue weighted by Crippen LogP contribution is -2.37. The fraction of sp³-hybridized carbons (Fsp3) is 0.769. The van der Waals surface area contributed by atoms with Crippen LogP contribution in [0.15, 0.2) is 60.8 Å². The van der Waals surface area contributed by atoms with Crippen molar-refractivity contribution in [1.29, 1.82) is 0 Å². The van der Waals surface area contributed by atoms with Crippen LogP contribution >= 0.6 is 7.82 Å². The number of phosphoric acid groups is 1. The predicted octanol–water partition coefficient (Wildman–Crippen LogP) is 14.8. The predicted molar refractivity (Wildman–Crippen MR) is 261 cm³/mol. The maximum absolute atomic E-state index is 12.7. The number of carbonyl (C=O) groups is 2. The number of hydrogen-bond acceptors (Lipinski definition) is 7. The normalized spacial score (nSPS) is 14.0. The van der Waals surface area contributed by atoms with Crippen molar-refractivity contribution in [2.45, 2.75) is 213 Å². The summed E-state index contributed by atoms with van der Waals surface area (Å²) in [6.45, 7) is 4.31. The fourth-order valence-corrected chi connectivity index (χ4v) is 7.43. The molecule has 2 unspecified atom stereocenters. The highest BCUT2D eigenvalue weighted by Crippen LogP contribution is 2.43. The highest BCUT2D eigenvalue weighted by Gasteiger charge is 2.27. The first-order chi connectivity index (χ1) is 30.0. The first kappa shape index (κ1) is 59.7. The number of unbranched alkanes of at least 4 members (excludes halogenated alkanes) is 21. The number of ether oxygens (including phenoxy) is 2. The first-order valence-electron chi connectivity index (χ1n) is 25.0. The third-order valence-electron chi connectivity index (χ3n) is 10.6. The maximum Gasteiger partial charge on any atom is 0.472 e. The van der Waals surface area contributed by atoms with Gasteiger partial charge in [-0.2, -0.15) is 0 Å². The maximum atomic E-state index is 12.7. The summed E-state index contributed by atoms with van der Waals surface area (Å²) in [6.07, 6.45) is 54.1. The van der Waals surface area contributed by atoms with E-state index in [2.05, 4.69) is 74.6 Å². The van der Waals surface area contributed by atoms with Gasteiger partial charge in [-0.15, -0.1) is 0 Å². The number of quaternary nitrogens is 1. The zero-order chi connectivity index (χ0) is 45.7. The van der Waals surface area contributed by atoms with Gasteiger partial charge < -0.3 is 18.9 Å². The van der Waals surface area contributed by atoms with Gasteiger partial charge >= 0.3 is 19.8 Å². The second kappa shape index (κ2) is 43.9. The molecule has 0 fully saturated rings. The van der Waals surface area contributed by atoms with Crippen LogP contribution in [-0.2, 0) is 32.7 Å². The van der Waals surface area contributed by atoms with Gasteiger partial charge in [-0.25, -0.2) is 4.57 Å². The van der Waals surface area contributed by atoms with E-state index in [4.69, 9.17) is 18.5 Å². The van der Waals surface area contributed by atoms with Gasteiger partial charge in [0.15, 0.2) is 6.10 Å². The Bertz CT molecular complexity index is 1240. The molecule has 62 heavy (non-hydrogen) atoms. The van der Waals surface area contributed by atoms with E-state index in [1.807, 2.05) is 21.1 Å². The van der Waals surface area contributed by atoms with Gasteiger partial charge in [0, 0.05) is 12.8 Å². The minimum absolute atomic E-state index is 0.0294. The molecule has 2 atom stereocenters. The summed E-state index contributed by atoms with van der Waals surface area (Å²) in [5, 5.41) is 0. The first-order valence-corrected chi connectivity index (χ1v) is 26.5. The van der Waals surface area contributed by atoms with E-state index >= 15 is 0 Å². The Morgan fingerprint density at radius 1 is 0.516 bits per heavy atom. The molecule has 360 valence electrons. The van der Waals surface area contributed by atoms with Crippen molar-refractivity contribution in [3.05, 3.63) is 60.8 Å². The van der Waals surface area contributed by atoms with Crippen LogP contribution < -0.4 is 0 Å². The van der Waals surface area contributed by atoms with Crippen LogP contribution in [-0.4, -0.2) is 74.9 Å². The van der Waals surface area contributed by atoms with Gasteiger partial charge in [-0.1, -0.05) is 197 Å². The Morgan fingerprint density at radius 2 is 0.919 bits per heavy atom. The Hall–Kier alpha value is -2.29. The van der Waals surface area contributed by atoms with Gasteiger partial charge in [0.2, 0.25) is 0 Å². The van der Waals surface area contributed by atoms with E-state index in [-0.39, 0.29) is 32.0 Å². The largest absolute Gasteiger partial charge is 0.472 e. The topological polar surface area (TPSA) is 108 Å². The smallest absolute Gasteiger partial charge is 0.462 e. The van der Waals surface area contributed by atoms with Crippen molar-refractivity contribution in [2.75, 3.05) is 47.5 Å². The number of allylic oxidation sites excluding steroid dienone is 10. The summed E-state index contributed by atoms with van der Waals surface area (Å²) in [4.78, 5) is 35.5. The van der Waals surface area contributed by atoms with Crippen LogP contribution in [0.4, 0.5) is 0 Å². The van der Waals surface area contributed by atoms with Crippen LogP contribution in [0.2, 0.25) is 0 Å². The molecule has 9 nitrogen and oxygen atoms in total. The second-order valence-electron chi connectivity index (χ2n) is 17.8. The number of carbonyl (C=O) groups excluding carboxylic acids is 2. The van der Waals surface area contributed by atoms with Crippen LogP contribution in [0.25, 0.3) is 0 Å². The van der Waals surface area contributed by atoms with Gasteiger partial charge in [0.05, 0.1) is 27.7 Å². The molecule has 0 radical (unpaired) electrons. The SMILES string of the molecule is CC/C=C\C/C=C\C/C=C\C/C=C\C/C=C\CCCCCCCCCCCC(=O)OC(COC(=O)CCCCCCCCCCCCCCC)COP(=O)(O)OCC[N+](C)(C)C. The van der Waals surface area contributed by atoms with Crippen molar-refractivity contribution < 1.29 is 42.1 Å². The molecule has 0 spiro atoms. The Morgan fingerprint density at radius 3 is 1.37 bits per heavy atom. The van der Waals surface area contributed by atoms with E-state index in [1.54, 1.807) is 0 Å². The van der Waals surface area contributed by atoms with Crippen molar-refractivity contribution in [2.24, 2.45) is 0 Å². The molecule has 1 N–H and O–H groups in total. The van der Waals surface area contributed by atoms with E-state index < -0.39 is 26.5 Å². The lowest BCUT2D eigenvalue weighted by molar-refractivity contribution is -0.870. The van der Waals surface area contributed by atoms with Crippen molar-refractivity contribution in [3.63, 3.8) is 0 Å². The third kappa shape index (κ3) is 47.2. The number of esters is 2. The van der Waals surface area contributed by atoms with E-state index in [0.29, 0.717) is 17.4 Å². The number of nitrogens with zero attached hydrogens (tertiary/aromatic N) is 1. The summed E-state index contributed by atoms with van der Waals surface area (Å²) >= 11 is 0. The molecule has 0 aliphatic carbocycles. The Labute approximate surface area is 381 Å². The molecule has 0 rings (SSSR count). The molecular formula is C52H95NO8P+. The summed E-state index contributed by atoms with van der Waals surface area (Å²) in [5.74, 6) is -0.803. The lowest BCUT2D eigenvalue weighted by atomic mass is 10.0. The zero-order valence-corrected chi connectivity index (χ0v) is 41.5. The molecular weight excluding hydrogens is 798 g/mol. The zero-order valence-electron chi connectivity index (χ0n) is 40.6. The molecule has 0 aliphatic heterocycles. The summed E-state index contributed by atoms with van der Waals surface area (Å²) < 4.78 is 34.4. The molecule has 0 saturated heterocycles. The molecule has 0 bridgehead atoms. The lowest BCUT2D eigenvalue weighted by Gasteiger charge is -2.24. The second-order valence-corrected chi connectivity index (χ2v) is 19.3. The summed E-state index contributed by atoms with van der Waals surface area (Å²) in [7, 11) is 1.47. The molecule has 0 aromatic heterocycles. The quantitative estimate of drug-likeness (QED) is 0.0212. The van der Waals surface area contributed by atoms with Crippen molar-refractivity contribution in [1.82, 2.24) is 0 Å². The molecule has 0 amide bonds. The standard InChI is InChI=1S/C52H94NO8P/c1-6-8-10-12-14-16-18-20-21-22-23-24-25-26-27-28-29-30-31-33-35-37-39-41-43-45-52(55)61-50(49-60-62(56,57)59-47-46-53(3,4)5)48-58-51(54)44-42-40-38-36-34-32-19-17-15-13-11-9-7-2/h8,10,14,16,20-21,23-24,26-27,50H,6-7,9,11-13,15,17-19,22,25,28-49H2,1-5H3/p+1/b10-8-,16-14-,21-20-,24-23-,27-26-. The number of hydrogen-bond donors (Lipinski definition) is 1. The summed E-state index contributed by atoms with van der Waals surface area (Å²) in [5.41, 5.74) is 0. The van der Waals surface area contributed by atoms with Crippen molar-refractivity contribution >= 4 is 19.8 Å². The van der Waals surface area contributed by atoms with Crippen molar-refractivity contribution in [3.8, 4) is 0 Å². The average Bonchev–Trinajstić information content (AvgIpc) is 3.23. The number of phosphoric ester groups is 1. The Balaban J connectivity index is 4.24. The minimum atomic E-state index is -4.38. The van der Waals surface area contributed by atoms with Crippen LogP contribution in [0.1, 0.15) is 206 Å². The number of likely N-dealkylation sites (N-methyl/N-ethyl adjacent to an activating group) is 1. The highest BCUT2D eigenvalue weighted by atomic mass is 31.2. The monoisotopic (exact) mass is 893 g/mol. The highest BCUT2D eigenvalue weighted by molar-refractivity contribution is 7.47. The van der Waals surface area contributed by atoms with Crippen LogP contribution in [0.5, 0.6) is 0 Å². The van der Waals surface area contributed by atoms with Gasteiger partial charge in [0.1, 0.15) is 19.8 Å². The van der Waals surface area contributed by atoms with Gasteiger partial charge in [-0.05, 0) is 57.8 Å². The minimum Gasteiger partial charge on any atom is -0.462 e. The average molecular weight is 893 g/mol. The Kier molecular flexibility index (Phi) is 42.3. The molecule has 0 saturated carbocycles. The van der Waals surface area contributed by atoms with E-state index in [9.17, 15) is 19.0 Å². The van der Waals surface area contributed by atoms with Crippen LogP contribution in [0.3, 0.4) is 0 Å². The van der Waals surface area contributed by atoms with E-state index in [1.165, 1.54) is 96.3 Å². The molecule has 0 heterocycles. The molecule has 0 aromatic rings. The summed E-state index contributed by atoms with van der Waals surface area (Å²) in [6, 6.07) is 0. The fourth-order valence-electron chi connectivity index (χ4n) is 6.69. The molecule has 10 heteroatoms. The van der Waals surface area contributed by atoms with Crippen LogP contribution in [0, 0.1) is 0 Å². The van der Waals surface area contributed by atoms with E-state index in [0.717, 1.165) is 77.0 Å². The molecule has 0 aliphatic rings. The third-order valence-corrected chi connectivity index (χ3v) is 11.5. The van der Waals surface area contributed by atoms with Gasteiger partial charge in [-0.3, -0.25) is 18.6 Å². The van der Waals surface area contributed by atoms with Gasteiger partial charge in [0.25, 0.3) is 0 Å². The number of rotatable bonds is 45. The molecule has 0 aromatic carbocycles.